The Balaban J connectivity index is 1.68. The summed E-state index contributed by atoms with van der Waals surface area (Å²) in [6.07, 6.45) is 9.41. The van der Waals surface area contributed by atoms with Crippen LogP contribution in [-0.2, 0) is 4.79 Å². The first-order valence-corrected chi connectivity index (χ1v) is 13.5. The summed E-state index contributed by atoms with van der Waals surface area (Å²) in [6, 6.07) is 0. The molecule has 0 spiro atoms. The fourth-order valence-corrected chi connectivity index (χ4v) is 8.74. The molecule has 0 bridgehead atoms. The highest BCUT2D eigenvalue weighted by molar-refractivity contribution is 5.85. The van der Waals surface area contributed by atoms with E-state index in [1.807, 2.05) is 0 Å². The van der Waals surface area contributed by atoms with E-state index in [2.05, 4.69) is 53.7 Å². The van der Waals surface area contributed by atoms with Gasteiger partial charge >= 0.3 is 5.97 Å². The number of fused-ring (bicyclic) bond motifs is 5. The fourth-order valence-electron chi connectivity index (χ4n) is 8.74. The Morgan fingerprint density at radius 1 is 1.11 bits per heavy atom. The van der Waals surface area contributed by atoms with Crippen molar-refractivity contribution >= 4 is 5.97 Å². The van der Waals surface area contributed by atoms with Gasteiger partial charge in [-0.05, 0) is 90.6 Å². The van der Waals surface area contributed by atoms with Gasteiger partial charge in [0.1, 0.15) is 0 Å². The molecule has 2 saturated carbocycles. The van der Waals surface area contributed by atoms with Gasteiger partial charge in [-0.2, -0.15) is 0 Å². The Kier molecular flexibility index (Phi) is 6.51. The highest BCUT2D eigenvalue weighted by Gasteiger charge is 2.66. The number of carboxylic acid groups (broad SMARTS) is 1. The lowest BCUT2D eigenvalue weighted by Crippen LogP contribution is -2.55. The molecule has 0 aliphatic heterocycles. The highest BCUT2D eigenvalue weighted by Crippen LogP contribution is 2.71. The van der Waals surface area contributed by atoms with Gasteiger partial charge in [0.2, 0.25) is 0 Å². The first-order chi connectivity index (χ1) is 16.1. The van der Waals surface area contributed by atoms with Crippen LogP contribution in [0.5, 0.6) is 0 Å². The summed E-state index contributed by atoms with van der Waals surface area (Å²) in [7, 11) is 0. The largest absolute Gasteiger partial charge is 0.478 e. The molecule has 196 valence electrons. The average molecular weight is 487 g/mol. The Morgan fingerprint density at radius 3 is 2.40 bits per heavy atom. The summed E-state index contributed by atoms with van der Waals surface area (Å²) in [5.41, 5.74) is 2.13. The summed E-state index contributed by atoms with van der Waals surface area (Å²) in [5.74, 6) is -0.549. The predicted octanol–water partition coefficient (Wildman–Crippen LogP) is 5.26. The zero-order valence-electron chi connectivity index (χ0n) is 22.6. The van der Waals surface area contributed by atoms with Crippen molar-refractivity contribution in [2.75, 3.05) is 0 Å². The number of aliphatic carboxylic acids is 1. The Hall–Kier alpha value is -1.43. The molecule has 0 radical (unpaired) electrons. The molecule has 4 aliphatic carbocycles. The average Bonchev–Trinajstić information content (AvgIpc) is 3.00. The van der Waals surface area contributed by atoms with E-state index < -0.39 is 23.6 Å². The fraction of sp³-hybridized carbons (Fsp3) is 0.767. The van der Waals surface area contributed by atoms with Gasteiger partial charge in [0.25, 0.3) is 0 Å². The molecule has 2 fully saturated rings. The van der Waals surface area contributed by atoms with Gasteiger partial charge in [-0.3, -0.25) is 0 Å². The summed E-state index contributed by atoms with van der Waals surface area (Å²) in [4.78, 5) is 11.2. The van der Waals surface area contributed by atoms with Crippen LogP contribution in [0.1, 0.15) is 87.0 Å². The zero-order chi connectivity index (χ0) is 26.1. The van der Waals surface area contributed by atoms with Crippen molar-refractivity contribution in [1.29, 1.82) is 0 Å². The molecule has 0 heterocycles. The van der Waals surface area contributed by atoms with Crippen LogP contribution in [0.4, 0.5) is 0 Å². The van der Waals surface area contributed by atoms with E-state index in [4.69, 9.17) is 5.11 Å². The van der Waals surface area contributed by atoms with Crippen molar-refractivity contribution in [2.24, 2.45) is 39.4 Å². The molecule has 35 heavy (non-hydrogen) atoms. The van der Waals surface area contributed by atoms with E-state index in [9.17, 15) is 20.1 Å². The molecule has 0 aromatic rings. The molecule has 0 saturated heterocycles. The number of carboxylic acids is 1. The molecule has 0 amide bonds. The van der Waals surface area contributed by atoms with Crippen LogP contribution in [0.3, 0.4) is 0 Å². The smallest absolute Gasteiger partial charge is 0.330 e. The molecule has 9 unspecified atom stereocenters. The van der Waals surface area contributed by atoms with Crippen LogP contribution in [0.2, 0.25) is 0 Å². The summed E-state index contributed by atoms with van der Waals surface area (Å²) >= 11 is 0. The van der Waals surface area contributed by atoms with E-state index in [0.717, 1.165) is 25.7 Å². The van der Waals surface area contributed by atoms with E-state index >= 15 is 0 Å². The lowest BCUT2D eigenvalue weighted by Gasteiger charge is -2.61. The van der Waals surface area contributed by atoms with Crippen molar-refractivity contribution in [2.45, 2.75) is 105 Å². The van der Waals surface area contributed by atoms with Crippen LogP contribution in [0.15, 0.2) is 34.9 Å². The molecule has 5 nitrogen and oxygen atoms in total. The van der Waals surface area contributed by atoms with Crippen LogP contribution < -0.4 is 0 Å². The number of rotatable bonds is 5. The third-order valence-corrected chi connectivity index (χ3v) is 11.6. The molecule has 9 atom stereocenters. The maximum absolute atomic E-state index is 11.6. The SMILES string of the molecule is C/C(=C\CC(O)C(C)C1CC(O)C2(C)C3=CCC4C(C)(CCC(O)C4(C)C)C3=CCC12C)C(=O)O. The van der Waals surface area contributed by atoms with E-state index in [1.54, 1.807) is 13.0 Å². The first kappa shape index (κ1) is 26.6. The van der Waals surface area contributed by atoms with E-state index in [-0.39, 0.29) is 39.8 Å². The van der Waals surface area contributed by atoms with Gasteiger partial charge in [0, 0.05) is 11.0 Å². The molecular formula is C30H46O5. The second-order valence-corrected chi connectivity index (χ2v) is 13.4. The molecule has 4 aliphatic rings. The van der Waals surface area contributed by atoms with Crippen molar-refractivity contribution in [3.05, 3.63) is 34.9 Å². The van der Waals surface area contributed by atoms with Gasteiger partial charge in [-0.25, -0.2) is 4.79 Å². The summed E-state index contributed by atoms with van der Waals surface area (Å²) < 4.78 is 0. The van der Waals surface area contributed by atoms with Gasteiger partial charge in [-0.1, -0.05) is 59.8 Å². The summed E-state index contributed by atoms with van der Waals surface area (Å²) in [5, 5.41) is 42.6. The molecule has 4 N–H and O–H groups in total. The van der Waals surface area contributed by atoms with Gasteiger partial charge in [-0.15, -0.1) is 0 Å². The minimum absolute atomic E-state index is 0.0146. The van der Waals surface area contributed by atoms with Crippen molar-refractivity contribution in [1.82, 2.24) is 0 Å². The molecule has 4 rings (SSSR count). The van der Waals surface area contributed by atoms with E-state index in [1.165, 1.54) is 11.1 Å². The van der Waals surface area contributed by atoms with Crippen molar-refractivity contribution < 1.29 is 25.2 Å². The second kappa shape index (κ2) is 8.56. The molecule has 5 heteroatoms. The number of hydrogen-bond donors (Lipinski definition) is 4. The normalized spacial score (nSPS) is 44.3. The minimum atomic E-state index is -0.958. The van der Waals surface area contributed by atoms with Crippen molar-refractivity contribution in [3.63, 3.8) is 0 Å². The monoisotopic (exact) mass is 486 g/mol. The lowest BCUT2D eigenvalue weighted by molar-refractivity contribution is -0.132. The Bertz CT molecular complexity index is 975. The number of aliphatic hydroxyl groups excluding tert-OH is 3. The molecule has 0 aromatic heterocycles. The third kappa shape index (κ3) is 3.63. The quantitative estimate of drug-likeness (QED) is 0.397. The van der Waals surface area contributed by atoms with Crippen LogP contribution >= 0.6 is 0 Å². The first-order valence-electron chi connectivity index (χ1n) is 13.5. The van der Waals surface area contributed by atoms with Gasteiger partial charge in [0.15, 0.2) is 0 Å². The number of aliphatic hydroxyl groups is 3. The Morgan fingerprint density at radius 2 is 1.77 bits per heavy atom. The minimum Gasteiger partial charge on any atom is -0.478 e. The summed E-state index contributed by atoms with van der Waals surface area (Å²) in [6.45, 7) is 14.9. The Labute approximate surface area is 211 Å². The van der Waals surface area contributed by atoms with Gasteiger partial charge < -0.3 is 20.4 Å². The maximum Gasteiger partial charge on any atom is 0.330 e. The maximum atomic E-state index is 11.6. The van der Waals surface area contributed by atoms with E-state index in [0.29, 0.717) is 18.8 Å². The number of carbonyl (C=O) groups is 1. The van der Waals surface area contributed by atoms with Crippen molar-refractivity contribution in [3.8, 4) is 0 Å². The molecular weight excluding hydrogens is 440 g/mol. The topological polar surface area (TPSA) is 98.0 Å². The zero-order valence-corrected chi connectivity index (χ0v) is 22.6. The lowest BCUT2D eigenvalue weighted by atomic mass is 9.44. The second-order valence-electron chi connectivity index (χ2n) is 13.4. The number of hydrogen-bond acceptors (Lipinski definition) is 4. The number of allylic oxidation sites excluding steroid dienone is 3. The van der Waals surface area contributed by atoms with Gasteiger partial charge in [0.05, 0.1) is 18.3 Å². The predicted molar refractivity (Wildman–Crippen MR) is 138 cm³/mol. The van der Waals surface area contributed by atoms with Crippen LogP contribution in [0, 0.1) is 39.4 Å². The molecule has 0 aromatic carbocycles. The highest BCUT2D eigenvalue weighted by atomic mass is 16.4. The van der Waals surface area contributed by atoms with Crippen LogP contribution in [0.25, 0.3) is 0 Å². The standard InChI is InChI=1S/C30H46O5/c1-17(26(34)35)8-10-22(31)18(2)21-16-25(33)30(7)20-9-11-23-27(3,4)24(32)13-14-28(23,5)19(20)12-15-29(21,30)6/h8-9,12,18,21-25,31-33H,10-11,13-16H2,1-7H3,(H,34,35)/b17-8+. The van der Waals surface area contributed by atoms with Crippen LogP contribution in [-0.4, -0.2) is 44.7 Å². The third-order valence-electron chi connectivity index (χ3n) is 11.6.